The molecule has 1 amide bonds. The molecule has 14 heteroatoms. The Labute approximate surface area is 236 Å². The Kier molecular flexibility index (Phi) is 7.56. The lowest BCUT2D eigenvalue weighted by atomic mass is 9.96. The van der Waals surface area contributed by atoms with Gasteiger partial charge in [-0.25, -0.2) is 4.68 Å². The molecular weight excluding hydrogens is 572 g/mol. The molecule has 0 bridgehead atoms. The second-order valence-corrected chi connectivity index (χ2v) is 9.92. The van der Waals surface area contributed by atoms with Crippen molar-refractivity contribution in [3.63, 3.8) is 0 Å². The van der Waals surface area contributed by atoms with Gasteiger partial charge >= 0.3 is 6.18 Å². The largest absolute Gasteiger partial charge is 0.493 e. The summed E-state index contributed by atoms with van der Waals surface area (Å²) in [6.07, 6.45) is -1.95. The number of methoxy groups -OCH3 is 2. The Morgan fingerprint density at radius 2 is 1.90 bits per heavy atom. The standard InChI is InChI=1S/C26H23Cl2F3N6O3/c1-39-21-6-4-14(7-22(21)40-2)19-9-23(26(29,30)31)37-24(34-19)10-20(35-37)25(38)33-17-11-32-36(13-17)12-15-3-5-16(27)8-18(15)28/h3-8,10-11,13,19,23,34H,9,12H2,1-2H3,(H,33,38)/t19-,23+/m1/s1. The number of benzene rings is 2. The summed E-state index contributed by atoms with van der Waals surface area (Å²) in [6, 6.07) is 8.62. The van der Waals surface area contributed by atoms with Crippen molar-refractivity contribution in [1.82, 2.24) is 19.6 Å². The van der Waals surface area contributed by atoms with Crippen molar-refractivity contribution >= 4 is 40.6 Å². The number of rotatable bonds is 7. The zero-order valence-electron chi connectivity index (χ0n) is 21.2. The van der Waals surface area contributed by atoms with Crippen molar-refractivity contribution in [2.45, 2.75) is 31.2 Å². The van der Waals surface area contributed by atoms with Crippen LogP contribution < -0.4 is 20.1 Å². The molecule has 2 atom stereocenters. The molecule has 9 nitrogen and oxygen atoms in total. The van der Waals surface area contributed by atoms with Gasteiger partial charge in [-0.3, -0.25) is 9.48 Å². The smallest absolute Gasteiger partial charge is 0.410 e. The third kappa shape index (κ3) is 5.68. The van der Waals surface area contributed by atoms with E-state index >= 15 is 0 Å². The van der Waals surface area contributed by atoms with Gasteiger partial charge in [-0.15, -0.1) is 0 Å². The summed E-state index contributed by atoms with van der Waals surface area (Å²) >= 11 is 12.2. The first-order valence-electron chi connectivity index (χ1n) is 12.0. The fraction of sp³-hybridized carbons (Fsp3) is 0.269. The second kappa shape index (κ2) is 10.9. The quantitative estimate of drug-likeness (QED) is 0.258. The number of hydrogen-bond acceptors (Lipinski definition) is 6. The van der Waals surface area contributed by atoms with Crippen molar-refractivity contribution in [3.8, 4) is 11.5 Å². The van der Waals surface area contributed by atoms with Crippen molar-refractivity contribution < 1.29 is 27.4 Å². The van der Waals surface area contributed by atoms with Crippen LogP contribution in [0.15, 0.2) is 54.9 Å². The summed E-state index contributed by atoms with van der Waals surface area (Å²) in [6.45, 7) is 0.319. The van der Waals surface area contributed by atoms with E-state index in [4.69, 9.17) is 32.7 Å². The minimum absolute atomic E-state index is 0.0617. The molecular formula is C26H23Cl2F3N6O3. The lowest BCUT2D eigenvalue weighted by Gasteiger charge is -2.33. The Hall–Kier alpha value is -3.90. The van der Waals surface area contributed by atoms with Gasteiger partial charge in [0, 0.05) is 28.7 Å². The molecule has 1 aliphatic rings. The molecule has 4 aromatic rings. The number of carbonyl (C=O) groups excluding carboxylic acids is 1. The van der Waals surface area contributed by atoms with Crippen LogP contribution in [0.25, 0.3) is 0 Å². The van der Waals surface area contributed by atoms with Crippen molar-refractivity contribution in [2.75, 3.05) is 24.9 Å². The first-order chi connectivity index (χ1) is 19.0. The van der Waals surface area contributed by atoms with E-state index < -0.39 is 24.2 Å². The van der Waals surface area contributed by atoms with Gasteiger partial charge in [0.15, 0.2) is 23.2 Å². The number of ether oxygens (including phenoxy) is 2. The van der Waals surface area contributed by atoms with Gasteiger partial charge < -0.3 is 20.1 Å². The predicted molar refractivity (Wildman–Crippen MR) is 144 cm³/mol. The molecule has 2 aromatic carbocycles. The fourth-order valence-corrected chi connectivity index (χ4v) is 4.98. The highest BCUT2D eigenvalue weighted by molar-refractivity contribution is 6.35. The molecule has 0 spiro atoms. The number of fused-ring (bicyclic) bond motifs is 1. The molecule has 210 valence electrons. The van der Waals surface area contributed by atoms with Gasteiger partial charge in [-0.05, 0) is 35.4 Å². The van der Waals surface area contributed by atoms with E-state index in [2.05, 4.69) is 20.8 Å². The highest BCUT2D eigenvalue weighted by Crippen LogP contribution is 2.44. The molecule has 0 saturated carbocycles. The number of alkyl halides is 3. The molecule has 0 saturated heterocycles. The third-order valence-corrected chi connectivity index (χ3v) is 7.06. The van der Waals surface area contributed by atoms with Crippen LogP contribution in [0.4, 0.5) is 24.7 Å². The SMILES string of the molecule is COc1ccc([C@H]2C[C@@H](C(F)(F)F)n3nc(C(=O)Nc4cnn(Cc5ccc(Cl)cc5Cl)c4)cc3N2)cc1OC. The summed E-state index contributed by atoms with van der Waals surface area (Å²) in [7, 11) is 2.92. The summed E-state index contributed by atoms with van der Waals surface area (Å²) < 4.78 is 55.2. The Bertz CT molecular complexity index is 1550. The fourth-order valence-electron chi connectivity index (χ4n) is 4.51. The summed E-state index contributed by atoms with van der Waals surface area (Å²) in [5, 5.41) is 14.9. The average Bonchev–Trinajstić information content (AvgIpc) is 3.55. The van der Waals surface area contributed by atoms with Gasteiger partial charge in [0.2, 0.25) is 0 Å². The van der Waals surface area contributed by atoms with Crippen molar-refractivity contribution in [1.29, 1.82) is 0 Å². The molecule has 40 heavy (non-hydrogen) atoms. The number of carbonyl (C=O) groups is 1. The molecule has 0 radical (unpaired) electrons. The van der Waals surface area contributed by atoms with E-state index in [1.807, 2.05) is 0 Å². The van der Waals surface area contributed by atoms with Crippen LogP contribution in [0.5, 0.6) is 11.5 Å². The zero-order chi connectivity index (χ0) is 28.6. The monoisotopic (exact) mass is 594 g/mol. The number of amides is 1. The van der Waals surface area contributed by atoms with Crippen molar-refractivity contribution in [2.24, 2.45) is 0 Å². The lowest BCUT2D eigenvalue weighted by molar-refractivity contribution is -0.173. The van der Waals surface area contributed by atoms with Crippen LogP contribution in [0.2, 0.25) is 10.0 Å². The lowest BCUT2D eigenvalue weighted by Crippen LogP contribution is -2.35. The molecule has 2 aromatic heterocycles. The number of nitrogens with zero attached hydrogens (tertiary/aromatic N) is 4. The van der Waals surface area contributed by atoms with E-state index in [0.29, 0.717) is 39.3 Å². The summed E-state index contributed by atoms with van der Waals surface area (Å²) in [5.74, 6) is 0.226. The zero-order valence-corrected chi connectivity index (χ0v) is 22.7. The van der Waals surface area contributed by atoms with Gasteiger partial charge in [0.25, 0.3) is 5.91 Å². The van der Waals surface area contributed by atoms with Crippen LogP contribution in [0, 0.1) is 0 Å². The predicted octanol–water partition coefficient (Wildman–Crippen LogP) is 6.36. The van der Waals surface area contributed by atoms with Crippen LogP contribution in [-0.4, -0.2) is 45.9 Å². The first kappa shape index (κ1) is 27.7. The Balaban J connectivity index is 1.35. The molecule has 5 rings (SSSR count). The molecule has 0 fully saturated rings. The Morgan fingerprint density at radius 3 is 2.60 bits per heavy atom. The average molecular weight is 595 g/mol. The van der Waals surface area contributed by atoms with E-state index in [1.165, 1.54) is 26.5 Å². The van der Waals surface area contributed by atoms with Gasteiger partial charge in [0.05, 0.1) is 38.7 Å². The number of aromatic nitrogens is 4. The van der Waals surface area contributed by atoms with E-state index in [1.54, 1.807) is 47.3 Å². The van der Waals surface area contributed by atoms with Crippen LogP contribution in [0.1, 0.15) is 40.1 Å². The molecule has 2 N–H and O–H groups in total. The molecule has 3 heterocycles. The summed E-state index contributed by atoms with van der Waals surface area (Å²) in [5.41, 5.74) is 1.49. The topological polar surface area (TPSA) is 95.2 Å². The maximum Gasteiger partial charge on any atom is 0.410 e. The highest BCUT2D eigenvalue weighted by atomic mass is 35.5. The number of hydrogen-bond donors (Lipinski definition) is 2. The van der Waals surface area contributed by atoms with Gasteiger partial charge in [-0.1, -0.05) is 35.3 Å². The molecule has 0 unspecified atom stereocenters. The molecule has 1 aliphatic heterocycles. The van der Waals surface area contributed by atoms with Gasteiger partial charge in [0.1, 0.15) is 5.82 Å². The van der Waals surface area contributed by atoms with Crippen molar-refractivity contribution in [3.05, 3.63) is 81.7 Å². The minimum Gasteiger partial charge on any atom is -0.493 e. The Morgan fingerprint density at radius 1 is 1.12 bits per heavy atom. The van der Waals surface area contributed by atoms with E-state index in [9.17, 15) is 18.0 Å². The maximum atomic E-state index is 14.1. The minimum atomic E-state index is -4.60. The van der Waals surface area contributed by atoms with E-state index in [0.717, 1.165) is 10.2 Å². The second-order valence-electron chi connectivity index (χ2n) is 9.08. The van der Waals surface area contributed by atoms with Crippen LogP contribution >= 0.6 is 23.2 Å². The van der Waals surface area contributed by atoms with Crippen LogP contribution in [-0.2, 0) is 6.54 Å². The number of halogens is 5. The highest BCUT2D eigenvalue weighted by Gasteiger charge is 2.47. The van der Waals surface area contributed by atoms with Gasteiger partial charge in [-0.2, -0.15) is 23.4 Å². The number of anilines is 2. The summed E-state index contributed by atoms with van der Waals surface area (Å²) in [4.78, 5) is 13.0. The number of nitrogens with one attached hydrogen (secondary N) is 2. The normalized spacial score (nSPS) is 16.7. The van der Waals surface area contributed by atoms with Crippen LogP contribution in [0.3, 0.4) is 0 Å². The molecule has 0 aliphatic carbocycles. The maximum absolute atomic E-state index is 14.1. The van der Waals surface area contributed by atoms with E-state index in [-0.39, 0.29) is 17.9 Å². The first-order valence-corrected chi connectivity index (χ1v) is 12.7. The third-order valence-electron chi connectivity index (χ3n) is 6.47.